The number of carbonyl (C=O) groups excluding carboxylic acids is 1. The number of nitrogens with one attached hydrogen (secondary N) is 1. The number of amides is 1. The lowest BCUT2D eigenvalue weighted by molar-refractivity contribution is 0.0820. The fourth-order valence-corrected chi connectivity index (χ4v) is 1.02. The van der Waals surface area contributed by atoms with Crippen molar-refractivity contribution >= 4 is 11.7 Å². The van der Waals surface area contributed by atoms with Crippen molar-refractivity contribution in [1.82, 2.24) is 14.9 Å². The molecule has 0 bridgehead atoms. The Kier molecular flexibility index (Phi) is 3.43. The number of aromatic nitrogens is 2. The maximum Gasteiger partial charge on any atom is 0.273 e. The van der Waals surface area contributed by atoms with E-state index in [0.29, 0.717) is 11.7 Å². The number of rotatable bonds is 3. The van der Waals surface area contributed by atoms with E-state index in [0.717, 1.165) is 0 Å². The standard InChI is InChI=1S/C9H14N4O2/c1-10-7-8(15-4)12-6(5-11-7)9(14)13(2)3/h5H,1-4H3,(H,10,11). The zero-order chi connectivity index (χ0) is 11.4. The Morgan fingerprint density at radius 1 is 1.53 bits per heavy atom. The van der Waals surface area contributed by atoms with Crippen LogP contribution in [0.4, 0.5) is 5.82 Å². The topological polar surface area (TPSA) is 67.4 Å². The molecule has 1 aromatic heterocycles. The molecule has 0 atom stereocenters. The van der Waals surface area contributed by atoms with Gasteiger partial charge < -0.3 is 15.0 Å². The fourth-order valence-electron chi connectivity index (χ4n) is 1.02. The third-order valence-electron chi connectivity index (χ3n) is 1.80. The first-order chi connectivity index (χ1) is 7.10. The third kappa shape index (κ3) is 2.34. The minimum atomic E-state index is -0.205. The minimum absolute atomic E-state index is 0.205. The first kappa shape index (κ1) is 11.2. The number of hydrogen-bond acceptors (Lipinski definition) is 5. The lowest BCUT2D eigenvalue weighted by Crippen LogP contribution is -2.23. The van der Waals surface area contributed by atoms with Crippen LogP contribution in [0, 0.1) is 0 Å². The molecule has 0 aromatic carbocycles. The first-order valence-corrected chi connectivity index (χ1v) is 4.40. The Bertz CT molecular complexity index is 365. The second kappa shape index (κ2) is 4.59. The molecule has 0 unspecified atom stereocenters. The summed E-state index contributed by atoms with van der Waals surface area (Å²) in [6.07, 6.45) is 1.41. The van der Waals surface area contributed by atoms with E-state index in [9.17, 15) is 4.79 Å². The maximum atomic E-state index is 11.6. The van der Waals surface area contributed by atoms with Gasteiger partial charge in [0.1, 0.15) is 0 Å². The van der Waals surface area contributed by atoms with Gasteiger partial charge in [0.25, 0.3) is 11.8 Å². The first-order valence-electron chi connectivity index (χ1n) is 4.40. The van der Waals surface area contributed by atoms with Gasteiger partial charge in [0.15, 0.2) is 11.5 Å². The summed E-state index contributed by atoms with van der Waals surface area (Å²) in [6, 6.07) is 0. The summed E-state index contributed by atoms with van der Waals surface area (Å²) >= 11 is 0. The van der Waals surface area contributed by atoms with E-state index in [-0.39, 0.29) is 11.6 Å². The van der Waals surface area contributed by atoms with Crippen LogP contribution in [0.1, 0.15) is 10.5 Å². The van der Waals surface area contributed by atoms with Gasteiger partial charge in [-0.3, -0.25) is 4.79 Å². The molecule has 0 saturated carbocycles. The van der Waals surface area contributed by atoms with E-state index in [4.69, 9.17) is 4.74 Å². The van der Waals surface area contributed by atoms with E-state index in [1.807, 2.05) is 0 Å². The van der Waals surface area contributed by atoms with Crippen LogP contribution < -0.4 is 10.1 Å². The van der Waals surface area contributed by atoms with Crippen LogP contribution in [-0.2, 0) is 0 Å². The van der Waals surface area contributed by atoms with E-state index >= 15 is 0 Å². The normalized spacial score (nSPS) is 9.60. The Labute approximate surface area is 88.3 Å². The molecule has 0 spiro atoms. The highest BCUT2D eigenvalue weighted by Crippen LogP contribution is 2.17. The molecule has 0 aliphatic heterocycles. The SMILES string of the molecule is CNc1ncc(C(=O)N(C)C)nc1OC. The Morgan fingerprint density at radius 3 is 2.67 bits per heavy atom. The summed E-state index contributed by atoms with van der Waals surface area (Å²) < 4.78 is 5.00. The predicted octanol–water partition coefficient (Wildman–Crippen LogP) is 0.229. The molecule has 0 aliphatic carbocycles. The molecule has 0 radical (unpaired) electrons. The van der Waals surface area contributed by atoms with Crippen LogP contribution in [-0.4, -0.2) is 49.0 Å². The quantitative estimate of drug-likeness (QED) is 0.773. The fraction of sp³-hybridized carbons (Fsp3) is 0.444. The zero-order valence-corrected chi connectivity index (χ0v) is 9.24. The monoisotopic (exact) mass is 210 g/mol. The van der Waals surface area contributed by atoms with Gasteiger partial charge in [-0.1, -0.05) is 0 Å². The van der Waals surface area contributed by atoms with Crippen LogP contribution in [0.25, 0.3) is 0 Å². The molecule has 1 amide bonds. The lowest BCUT2D eigenvalue weighted by atomic mass is 10.4. The number of methoxy groups -OCH3 is 1. The van der Waals surface area contributed by atoms with Crippen molar-refractivity contribution in [2.45, 2.75) is 0 Å². The van der Waals surface area contributed by atoms with Crippen molar-refractivity contribution < 1.29 is 9.53 Å². The van der Waals surface area contributed by atoms with Crippen LogP contribution in [0.3, 0.4) is 0 Å². The van der Waals surface area contributed by atoms with Crippen LogP contribution in [0.5, 0.6) is 5.88 Å². The van der Waals surface area contributed by atoms with Crippen LogP contribution in [0.2, 0.25) is 0 Å². The highest BCUT2D eigenvalue weighted by atomic mass is 16.5. The van der Waals surface area contributed by atoms with Crippen molar-refractivity contribution in [2.24, 2.45) is 0 Å². The van der Waals surface area contributed by atoms with E-state index in [1.165, 1.54) is 18.2 Å². The minimum Gasteiger partial charge on any atom is -0.478 e. The van der Waals surface area contributed by atoms with Gasteiger partial charge in [-0.25, -0.2) is 9.97 Å². The zero-order valence-electron chi connectivity index (χ0n) is 9.24. The van der Waals surface area contributed by atoms with Gasteiger partial charge in [-0.2, -0.15) is 0 Å². The van der Waals surface area contributed by atoms with Crippen molar-refractivity contribution in [3.8, 4) is 5.88 Å². The molecule has 0 fully saturated rings. The Morgan fingerprint density at radius 2 is 2.20 bits per heavy atom. The van der Waals surface area contributed by atoms with Crippen molar-refractivity contribution in [3.63, 3.8) is 0 Å². The van der Waals surface area contributed by atoms with Gasteiger partial charge in [-0.15, -0.1) is 0 Å². The van der Waals surface area contributed by atoms with Gasteiger partial charge in [0, 0.05) is 21.1 Å². The average molecular weight is 210 g/mol. The third-order valence-corrected chi connectivity index (χ3v) is 1.80. The maximum absolute atomic E-state index is 11.6. The van der Waals surface area contributed by atoms with Gasteiger partial charge in [0.05, 0.1) is 13.3 Å². The van der Waals surface area contributed by atoms with Gasteiger partial charge in [0.2, 0.25) is 0 Å². The van der Waals surface area contributed by atoms with Crippen molar-refractivity contribution in [2.75, 3.05) is 33.6 Å². The molecule has 82 valence electrons. The molecule has 6 nitrogen and oxygen atoms in total. The number of anilines is 1. The second-order valence-electron chi connectivity index (χ2n) is 3.06. The summed E-state index contributed by atoms with van der Waals surface area (Å²) in [5.41, 5.74) is 0.260. The predicted molar refractivity (Wildman–Crippen MR) is 56.1 cm³/mol. The molecule has 1 heterocycles. The molecule has 0 aliphatic rings. The summed E-state index contributed by atoms with van der Waals surface area (Å²) in [6.45, 7) is 0. The van der Waals surface area contributed by atoms with Crippen LogP contribution in [0.15, 0.2) is 6.20 Å². The summed E-state index contributed by atoms with van der Waals surface area (Å²) in [5.74, 6) is 0.612. The van der Waals surface area contributed by atoms with Crippen LogP contribution >= 0.6 is 0 Å². The van der Waals surface area contributed by atoms with E-state index in [2.05, 4.69) is 15.3 Å². The Balaban J connectivity index is 3.08. The number of nitrogens with zero attached hydrogens (tertiary/aromatic N) is 3. The summed E-state index contributed by atoms with van der Waals surface area (Å²) in [7, 11) is 6.50. The van der Waals surface area contributed by atoms with Gasteiger partial charge >= 0.3 is 0 Å². The van der Waals surface area contributed by atoms with Gasteiger partial charge in [-0.05, 0) is 0 Å². The number of hydrogen-bond donors (Lipinski definition) is 1. The van der Waals surface area contributed by atoms with E-state index < -0.39 is 0 Å². The van der Waals surface area contributed by atoms with Crippen molar-refractivity contribution in [1.29, 1.82) is 0 Å². The second-order valence-corrected chi connectivity index (χ2v) is 3.06. The van der Waals surface area contributed by atoms with Crippen molar-refractivity contribution in [3.05, 3.63) is 11.9 Å². The lowest BCUT2D eigenvalue weighted by Gasteiger charge is -2.11. The molecule has 6 heteroatoms. The molecule has 1 N–H and O–H groups in total. The molecule has 15 heavy (non-hydrogen) atoms. The number of ether oxygens (including phenoxy) is 1. The molecule has 1 aromatic rings. The molecular weight excluding hydrogens is 196 g/mol. The molecule has 0 saturated heterocycles. The smallest absolute Gasteiger partial charge is 0.273 e. The highest BCUT2D eigenvalue weighted by molar-refractivity contribution is 5.92. The van der Waals surface area contributed by atoms with E-state index in [1.54, 1.807) is 21.1 Å². The Hall–Kier alpha value is -1.85. The molecule has 1 rings (SSSR count). The highest BCUT2D eigenvalue weighted by Gasteiger charge is 2.13. The molecular formula is C9H14N4O2. The number of carbonyl (C=O) groups is 1. The average Bonchev–Trinajstić information content (AvgIpc) is 2.26. The summed E-state index contributed by atoms with van der Waals surface area (Å²) in [4.78, 5) is 21.1. The summed E-state index contributed by atoms with van der Waals surface area (Å²) in [5, 5.41) is 2.82. The largest absolute Gasteiger partial charge is 0.478 e.